The van der Waals surface area contributed by atoms with Crippen molar-refractivity contribution in [3.63, 3.8) is 0 Å². The molecule has 4 heterocycles. The van der Waals surface area contributed by atoms with Crippen molar-refractivity contribution < 1.29 is 14.2 Å². The van der Waals surface area contributed by atoms with Gasteiger partial charge >= 0.3 is 6.01 Å². The van der Waals surface area contributed by atoms with Crippen LogP contribution in [0.25, 0.3) is 21.9 Å². The van der Waals surface area contributed by atoms with Crippen LogP contribution in [0.1, 0.15) is 25.1 Å². The molecule has 6 rings (SSSR count). The van der Waals surface area contributed by atoms with E-state index in [2.05, 4.69) is 30.2 Å². The van der Waals surface area contributed by atoms with Crippen LogP contribution in [0.2, 0.25) is 0 Å². The third-order valence-corrected chi connectivity index (χ3v) is 6.66. The van der Waals surface area contributed by atoms with Gasteiger partial charge in [-0.2, -0.15) is 9.97 Å². The molecular weight excluding hydrogens is 425 g/mol. The van der Waals surface area contributed by atoms with Gasteiger partial charge in [-0.1, -0.05) is 0 Å². The summed E-state index contributed by atoms with van der Waals surface area (Å²) in [4.78, 5) is 23.5. The molecule has 4 aromatic rings. The number of hydrogen-bond acceptors (Lipinski definition) is 8. The highest BCUT2D eigenvalue weighted by Gasteiger charge is 2.39. The maximum Gasteiger partial charge on any atom is 0.326 e. The highest BCUT2D eigenvalue weighted by Crippen LogP contribution is 2.44. The molecule has 1 aliphatic carbocycles. The molecule has 2 atom stereocenters. The summed E-state index contributed by atoms with van der Waals surface area (Å²) in [7, 11) is 1.76. The standard InChI is InChI=1S/C23H24FN7O2/c1-25-17-8-13(24)7-16-19-21(28-20(16)17)29-23(33-15-9-26-18(4-5-32)27-10-15)30-22(19)31-11-12-2-3-14(31)6-12/h7-10,12,14,25,32H,2-6,11H2,1H3,(H,28,29,30). The minimum Gasteiger partial charge on any atom is -0.421 e. The molecule has 3 aromatic heterocycles. The number of aromatic amines is 1. The number of aliphatic hydroxyl groups is 1. The SMILES string of the molecule is CNc1cc(F)cc2c1[nH]c1nc(Oc3cnc(CCO)nc3)nc(N3CC4CCC3C4)c12. The fourth-order valence-corrected chi connectivity index (χ4v) is 5.19. The van der Waals surface area contributed by atoms with Crippen molar-refractivity contribution >= 4 is 33.4 Å². The molecule has 1 aromatic carbocycles. The number of piperidine rings is 1. The second-order valence-electron chi connectivity index (χ2n) is 8.70. The van der Waals surface area contributed by atoms with Crippen LogP contribution in [0.5, 0.6) is 11.8 Å². The van der Waals surface area contributed by atoms with Crippen LogP contribution in [-0.4, -0.2) is 56.3 Å². The molecule has 0 radical (unpaired) electrons. The van der Waals surface area contributed by atoms with E-state index in [0.29, 0.717) is 41.3 Å². The Kier molecular flexibility index (Phi) is 4.75. The first-order chi connectivity index (χ1) is 16.1. The van der Waals surface area contributed by atoms with Crippen LogP contribution in [0, 0.1) is 11.7 Å². The molecule has 10 heteroatoms. The van der Waals surface area contributed by atoms with Gasteiger partial charge < -0.3 is 25.0 Å². The first kappa shape index (κ1) is 20.1. The molecule has 3 N–H and O–H groups in total. The molecular formula is C23H24FN7O2. The lowest BCUT2D eigenvalue weighted by atomic mass is 10.1. The maximum atomic E-state index is 14.4. The average Bonchev–Trinajstić information content (AvgIpc) is 3.54. The van der Waals surface area contributed by atoms with Gasteiger partial charge in [-0.15, -0.1) is 0 Å². The molecule has 1 aliphatic heterocycles. The number of nitrogens with zero attached hydrogens (tertiary/aromatic N) is 5. The Morgan fingerprint density at radius 1 is 1.24 bits per heavy atom. The van der Waals surface area contributed by atoms with E-state index in [0.717, 1.165) is 41.5 Å². The Bertz CT molecular complexity index is 1340. The van der Waals surface area contributed by atoms with Crippen molar-refractivity contribution in [3.8, 4) is 11.8 Å². The molecule has 2 aliphatic rings. The summed E-state index contributed by atoms with van der Waals surface area (Å²) in [6.07, 6.45) is 6.99. The minimum atomic E-state index is -0.318. The number of rotatable bonds is 6. The number of aromatic nitrogens is 5. The summed E-state index contributed by atoms with van der Waals surface area (Å²) in [5.41, 5.74) is 2.03. The monoisotopic (exact) mass is 449 g/mol. The Morgan fingerprint density at radius 2 is 2.09 bits per heavy atom. The Morgan fingerprint density at radius 3 is 2.79 bits per heavy atom. The molecule has 0 amide bonds. The number of ether oxygens (including phenoxy) is 1. The number of halogens is 1. The minimum absolute atomic E-state index is 0.0169. The Hall–Kier alpha value is -3.53. The molecule has 170 valence electrons. The van der Waals surface area contributed by atoms with Crippen molar-refractivity contribution in [3.05, 3.63) is 36.2 Å². The third kappa shape index (κ3) is 3.41. The highest BCUT2D eigenvalue weighted by molar-refractivity contribution is 6.14. The number of fused-ring (bicyclic) bond motifs is 5. The predicted molar refractivity (Wildman–Crippen MR) is 122 cm³/mol. The molecule has 9 nitrogen and oxygen atoms in total. The van der Waals surface area contributed by atoms with Gasteiger partial charge in [0.25, 0.3) is 0 Å². The van der Waals surface area contributed by atoms with Gasteiger partial charge in [0, 0.05) is 31.4 Å². The number of H-pyrrole nitrogens is 1. The van der Waals surface area contributed by atoms with Gasteiger partial charge in [0.2, 0.25) is 0 Å². The van der Waals surface area contributed by atoms with Gasteiger partial charge in [0.1, 0.15) is 23.1 Å². The highest BCUT2D eigenvalue weighted by atomic mass is 19.1. The predicted octanol–water partition coefficient (Wildman–Crippen LogP) is 3.40. The van der Waals surface area contributed by atoms with Crippen molar-refractivity contribution in [2.24, 2.45) is 5.92 Å². The first-order valence-corrected chi connectivity index (χ1v) is 11.2. The molecule has 1 saturated heterocycles. The van der Waals surface area contributed by atoms with Crippen LogP contribution < -0.4 is 15.0 Å². The summed E-state index contributed by atoms with van der Waals surface area (Å²) in [5, 5.41) is 13.7. The van der Waals surface area contributed by atoms with Gasteiger partial charge in [-0.3, -0.25) is 0 Å². The number of aliphatic hydroxyl groups excluding tert-OH is 1. The molecule has 2 bridgehead atoms. The lowest BCUT2D eigenvalue weighted by Gasteiger charge is -2.28. The summed E-state index contributed by atoms with van der Waals surface area (Å²) < 4.78 is 20.4. The van der Waals surface area contributed by atoms with E-state index in [9.17, 15) is 4.39 Å². The van der Waals surface area contributed by atoms with Crippen LogP contribution in [0.3, 0.4) is 0 Å². The van der Waals surface area contributed by atoms with E-state index in [1.165, 1.54) is 18.6 Å². The number of benzene rings is 1. The summed E-state index contributed by atoms with van der Waals surface area (Å²) in [6.45, 7) is 0.910. The van der Waals surface area contributed by atoms with Crippen LogP contribution in [0.15, 0.2) is 24.5 Å². The maximum absolute atomic E-state index is 14.4. The van der Waals surface area contributed by atoms with Crippen molar-refractivity contribution in [2.75, 3.05) is 30.4 Å². The Labute approximate surface area is 189 Å². The number of nitrogens with one attached hydrogen (secondary N) is 2. The summed E-state index contributed by atoms with van der Waals surface area (Å²) >= 11 is 0. The molecule has 2 fully saturated rings. The van der Waals surface area contributed by atoms with Crippen LogP contribution in [0.4, 0.5) is 15.9 Å². The van der Waals surface area contributed by atoms with Gasteiger partial charge in [0.05, 0.1) is 35.6 Å². The lowest BCUT2D eigenvalue weighted by molar-refractivity contribution is 0.296. The second-order valence-corrected chi connectivity index (χ2v) is 8.70. The summed E-state index contributed by atoms with van der Waals surface area (Å²) in [6, 6.07) is 3.59. The van der Waals surface area contributed by atoms with E-state index in [4.69, 9.17) is 14.8 Å². The normalized spacial score (nSPS) is 19.7. The lowest BCUT2D eigenvalue weighted by Crippen LogP contribution is -2.32. The van der Waals surface area contributed by atoms with E-state index in [1.54, 1.807) is 19.4 Å². The van der Waals surface area contributed by atoms with Crippen molar-refractivity contribution in [1.29, 1.82) is 0 Å². The largest absolute Gasteiger partial charge is 0.421 e. The van der Waals surface area contributed by atoms with Crippen LogP contribution >= 0.6 is 0 Å². The van der Waals surface area contributed by atoms with Crippen molar-refractivity contribution in [2.45, 2.75) is 31.7 Å². The topological polar surface area (TPSA) is 112 Å². The zero-order chi connectivity index (χ0) is 22.5. The zero-order valence-electron chi connectivity index (χ0n) is 18.2. The number of anilines is 2. The smallest absolute Gasteiger partial charge is 0.326 e. The average molecular weight is 449 g/mol. The van der Waals surface area contributed by atoms with Crippen LogP contribution in [-0.2, 0) is 6.42 Å². The quantitative estimate of drug-likeness (QED) is 0.411. The van der Waals surface area contributed by atoms with E-state index in [-0.39, 0.29) is 18.4 Å². The van der Waals surface area contributed by atoms with E-state index >= 15 is 0 Å². The first-order valence-electron chi connectivity index (χ1n) is 11.2. The zero-order valence-corrected chi connectivity index (χ0v) is 18.2. The second kappa shape index (κ2) is 7.80. The third-order valence-electron chi connectivity index (χ3n) is 6.66. The molecule has 33 heavy (non-hydrogen) atoms. The molecule has 0 spiro atoms. The molecule has 2 unspecified atom stereocenters. The summed E-state index contributed by atoms with van der Waals surface area (Å²) in [5.74, 6) is 2.04. The van der Waals surface area contributed by atoms with E-state index < -0.39 is 0 Å². The molecule has 1 saturated carbocycles. The van der Waals surface area contributed by atoms with Gasteiger partial charge in [0.15, 0.2) is 5.75 Å². The van der Waals surface area contributed by atoms with E-state index in [1.807, 2.05) is 0 Å². The van der Waals surface area contributed by atoms with Gasteiger partial charge in [-0.05, 0) is 37.3 Å². The Balaban J connectivity index is 1.49. The fraction of sp³-hybridized carbons (Fsp3) is 0.391. The number of hydrogen-bond donors (Lipinski definition) is 3. The van der Waals surface area contributed by atoms with Gasteiger partial charge in [-0.25, -0.2) is 14.4 Å². The fourth-order valence-electron chi connectivity index (χ4n) is 5.19. The van der Waals surface area contributed by atoms with Crippen molar-refractivity contribution in [1.82, 2.24) is 24.9 Å².